The van der Waals surface area contributed by atoms with Gasteiger partial charge in [0.15, 0.2) is 0 Å². The van der Waals surface area contributed by atoms with Crippen molar-refractivity contribution in [2.24, 2.45) is 0 Å². The van der Waals surface area contributed by atoms with Gasteiger partial charge in [0.05, 0.1) is 6.33 Å². The summed E-state index contributed by atoms with van der Waals surface area (Å²) in [5.74, 6) is 0. The summed E-state index contributed by atoms with van der Waals surface area (Å²) < 4.78 is 0. The third kappa shape index (κ3) is 1.38. The number of aryl methyl sites for hydroxylation is 1. The fourth-order valence-electron chi connectivity index (χ4n) is 0.602. The van der Waals surface area contributed by atoms with Crippen LogP contribution < -0.4 is 5.56 Å². The van der Waals surface area contributed by atoms with E-state index in [1.807, 2.05) is 6.92 Å². The van der Waals surface area contributed by atoms with Gasteiger partial charge in [-0.1, -0.05) is 6.92 Å². The van der Waals surface area contributed by atoms with Crippen molar-refractivity contribution in [3.8, 4) is 0 Å². The Labute approximate surface area is 52.8 Å². The average molecular weight is 124 g/mol. The average Bonchev–Trinajstić information content (AvgIpc) is 1.88. The second-order valence-electron chi connectivity index (χ2n) is 1.76. The van der Waals surface area contributed by atoms with Gasteiger partial charge in [-0.25, -0.2) is 4.98 Å². The fraction of sp³-hybridized carbons (Fsp3) is 0.333. The van der Waals surface area contributed by atoms with Crippen molar-refractivity contribution < 1.29 is 0 Å². The Morgan fingerprint density at radius 1 is 1.78 bits per heavy atom. The van der Waals surface area contributed by atoms with Gasteiger partial charge >= 0.3 is 0 Å². The van der Waals surface area contributed by atoms with E-state index >= 15 is 0 Å². The first-order valence-corrected chi connectivity index (χ1v) is 2.86. The van der Waals surface area contributed by atoms with E-state index in [1.165, 1.54) is 12.4 Å². The van der Waals surface area contributed by atoms with Gasteiger partial charge in [0.25, 0.3) is 5.56 Å². The summed E-state index contributed by atoms with van der Waals surface area (Å²) >= 11 is 0. The van der Waals surface area contributed by atoms with Gasteiger partial charge in [-0.15, -0.1) is 0 Å². The van der Waals surface area contributed by atoms with Gasteiger partial charge in [-0.3, -0.25) is 4.79 Å². The summed E-state index contributed by atoms with van der Waals surface area (Å²) in [6.07, 6.45) is 2.23. The molecule has 0 aliphatic rings. The molecule has 0 atom stereocenters. The largest absolute Gasteiger partial charge is 0.313 e. The van der Waals surface area contributed by atoms with Crippen LogP contribution in [0.5, 0.6) is 0 Å². The minimum Gasteiger partial charge on any atom is -0.313 e. The third-order valence-corrected chi connectivity index (χ3v) is 1.10. The first-order chi connectivity index (χ1) is 4.33. The highest BCUT2D eigenvalue weighted by Gasteiger charge is 1.87. The molecular formula is C6H8N2O. The number of aromatic nitrogens is 2. The summed E-state index contributed by atoms with van der Waals surface area (Å²) in [5.41, 5.74) is 0.751. The number of H-pyrrole nitrogens is 1. The molecule has 0 unspecified atom stereocenters. The van der Waals surface area contributed by atoms with Gasteiger partial charge in [0, 0.05) is 11.8 Å². The lowest BCUT2D eigenvalue weighted by atomic mass is 10.3. The van der Waals surface area contributed by atoms with E-state index in [2.05, 4.69) is 9.97 Å². The molecule has 0 bridgehead atoms. The fourth-order valence-corrected chi connectivity index (χ4v) is 0.602. The van der Waals surface area contributed by atoms with Gasteiger partial charge in [-0.2, -0.15) is 0 Å². The molecule has 9 heavy (non-hydrogen) atoms. The maximum Gasteiger partial charge on any atom is 0.250 e. The van der Waals surface area contributed by atoms with Crippen LogP contribution in [0.15, 0.2) is 17.2 Å². The van der Waals surface area contributed by atoms with Crippen molar-refractivity contribution in [3.63, 3.8) is 0 Å². The molecule has 0 aromatic carbocycles. The van der Waals surface area contributed by atoms with E-state index in [-0.39, 0.29) is 5.56 Å². The van der Waals surface area contributed by atoms with Gasteiger partial charge in [0.1, 0.15) is 0 Å². The molecule has 48 valence electrons. The smallest absolute Gasteiger partial charge is 0.250 e. The van der Waals surface area contributed by atoms with Crippen molar-refractivity contribution in [1.29, 1.82) is 0 Å². The number of rotatable bonds is 1. The molecule has 0 radical (unpaired) electrons. The maximum absolute atomic E-state index is 10.6. The molecule has 1 aromatic heterocycles. The van der Waals surface area contributed by atoms with Crippen LogP contribution in [0, 0.1) is 0 Å². The first kappa shape index (κ1) is 6.01. The van der Waals surface area contributed by atoms with E-state index in [0.29, 0.717) is 0 Å². The molecule has 0 aliphatic heterocycles. The van der Waals surface area contributed by atoms with Gasteiger partial charge < -0.3 is 4.98 Å². The van der Waals surface area contributed by atoms with Crippen molar-refractivity contribution >= 4 is 0 Å². The molecule has 1 aromatic rings. The van der Waals surface area contributed by atoms with Crippen molar-refractivity contribution in [1.82, 2.24) is 9.97 Å². The van der Waals surface area contributed by atoms with Crippen LogP contribution in [0.4, 0.5) is 0 Å². The molecule has 3 heteroatoms. The number of nitrogens with one attached hydrogen (secondary N) is 1. The van der Waals surface area contributed by atoms with Crippen LogP contribution >= 0.6 is 0 Å². The number of hydrogen-bond acceptors (Lipinski definition) is 2. The number of nitrogens with zero attached hydrogens (tertiary/aromatic N) is 1. The second-order valence-corrected chi connectivity index (χ2v) is 1.76. The van der Waals surface area contributed by atoms with Crippen molar-refractivity contribution in [2.45, 2.75) is 13.3 Å². The monoisotopic (exact) mass is 124 g/mol. The van der Waals surface area contributed by atoms with Gasteiger partial charge in [-0.05, 0) is 6.42 Å². The quantitative estimate of drug-likeness (QED) is 0.586. The lowest BCUT2D eigenvalue weighted by Gasteiger charge is -1.88. The highest BCUT2D eigenvalue weighted by molar-refractivity contribution is 4.96. The van der Waals surface area contributed by atoms with E-state index in [9.17, 15) is 4.79 Å². The van der Waals surface area contributed by atoms with E-state index in [4.69, 9.17) is 0 Å². The predicted octanol–water partition coefficient (Wildman–Crippen LogP) is 0.332. The van der Waals surface area contributed by atoms with Crippen LogP contribution in [0.1, 0.15) is 12.6 Å². The van der Waals surface area contributed by atoms with Gasteiger partial charge in [0.2, 0.25) is 0 Å². The highest BCUT2D eigenvalue weighted by atomic mass is 16.1. The Bertz CT molecular complexity index is 241. The maximum atomic E-state index is 10.6. The molecular weight excluding hydrogens is 116 g/mol. The van der Waals surface area contributed by atoms with E-state index in [1.54, 1.807) is 0 Å². The lowest BCUT2D eigenvalue weighted by Crippen LogP contribution is -2.05. The summed E-state index contributed by atoms with van der Waals surface area (Å²) in [6.45, 7) is 1.96. The predicted molar refractivity (Wildman–Crippen MR) is 34.2 cm³/mol. The second kappa shape index (κ2) is 2.44. The molecule has 0 saturated heterocycles. The lowest BCUT2D eigenvalue weighted by molar-refractivity contribution is 0.979. The van der Waals surface area contributed by atoms with Crippen LogP contribution in [0.25, 0.3) is 0 Å². The molecule has 0 aliphatic carbocycles. The Morgan fingerprint density at radius 3 is 3.00 bits per heavy atom. The summed E-state index contributed by atoms with van der Waals surface area (Å²) in [6, 6.07) is 1.50. The summed E-state index contributed by atoms with van der Waals surface area (Å²) in [7, 11) is 0. The minimum absolute atomic E-state index is 0.0816. The molecule has 0 fully saturated rings. The van der Waals surface area contributed by atoms with Crippen molar-refractivity contribution in [3.05, 3.63) is 28.4 Å². The standard InChI is InChI=1S/C6H8N2O/c1-2-5-3-6(9)8-4-7-5/h3-4H,2H2,1H3,(H,7,8,9). The number of aromatic amines is 1. The van der Waals surface area contributed by atoms with E-state index in [0.717, 1.165) is 12.1 Å². The number of hydrogen-bond donors (Lipinski definition) is 1. The topological polar surface area (TPSA) is 45.8 Å². The first-order valence-electron chi connectivity index (χ1n) is 2.86. The molecule has 0 amide bonds. The molecule has 1 rings (SSSR count). The Balaban J connectivity index is 3.08. The van der Waals surface area contributed by atoms with E-state index < -0.39 is 0 Å². The van der Waals surface area contributed by atoms with Crippen LogP contribution in [-0.2, 0) is 6.42 Å². The highest BCUT2D eigenvalue weighted by Crippen LogP contribution is 1.85. The molecule has 0 saturated carbocycles. The Kier molecular flexibility index (Phi) is 1.63. The minimum atomic E-state index is -0.0816. The molecule has 3 nitrogen and oxygen atoms in total. The molecule has 1 heterocycles. The zero-order valence-corrected chi connectivity index (χ0v) is 5.22. The van der Waals surface area contributed by atoms with Crippen molar-refractivity contribution in [2.75, 3.05) is 0 Å². The van der Waals surface area contributed by atoms with Crippen LogP contribution in [-0.4, -0.2) is 9.97 Å². The zero-order valence-electron chi connectivity index (χ0n) is 5.22. The van der Waals surface area contributed by atoms with Crippen LogP contribution in [0.3, 0.4) is 0 Å². The normalized spacial score (nSPS) is 9.44. The third-order valence-electron chi connectivity index (χ3n) is 1.10. The SMILES string of the molecule is CCc1cc(=O)[nH]cn1. The summed E-state index contributed by atoms with van der Waals surface area (Å²) in [4.78, 5) is 16.9. The molecule has 0 spiro atoms. The Morgan fingerprint density at radius 2 is 2.56 bits per heavy atom. The Hall–Kier alpha value is -1.12. The molecule has 1 N–H and O–H groups in total. The summed E-state index contributed by atoms with van der Waals surface area (Å²) in [5, 5.41) is 0. The zero-order chi connectivity index (χ0) is 6.69. The van der Waals surface area contributed by atoms with Crippen LogP contribution in [0.2, 0.25) is 0 Å².